The predicted octanol–water partition coefficient (Wildman–Crippen LogP) is 15.5. The zero-order chi connectivity index (χ0) is 93.6. The summed E-state index contributed by atoms with van der Waals surface area (Å²) in [5.74, 6) is 1.61. The zero-order valence-corrected chi connectivity index (χ0v) is 86.8. The monoisotopic (exact) mass is 2010 g/mol. The first kappa shape index (κ1) is 114. The molecule has 2 aromatic carbocycles. The molecule has 0 bridgehead atoms. The minimum Gasteiger partial charge on any atom is -0.512 e. The minimum absolute atomic E-state index is 0. The molecule has 126 heavy (non-hydrogen) atoms. The third-order valence-electron chi connectivity index (χ3n) is 20.9. The Labute approximate surface area is 792 Å². The number of carbonyl (C=O) groups excluding carboxylic acids is 11. The fourth-order valence-electron chi connectivity index (χ4n) is 14.4. The molecular weight excluding hydrogens is 1880 g/mol. The third-order valence-corrected chi connectivity index (χ3v) is 36.8. The molecule has 0 spiro atoms. The summed E-state index contributed by atoms with van der Waals surface area (Å²) in [7, 11) is 2.65. The molecule has 4 heterocycles. The van der Waals surface area contributed by atoms with Crippen LogP contribution in [-0.4, -0.2) is 149 Å². The van der Waals surface area contributed by atoms with E-state index in [-0.39, 0.29) is 106 Å². The summed E-state index contributed by atoms with van der Waals surface area (Å²) in [6.07, 6.45) is 23.6. The Balaban J connectivity index is 0.000000525. The number of benzene rings is 2. The fraction of sp³-hybridized carbons (Fsp3) is 0.485. The summed E-state index contributed by atoms with van der Waals surface area (Å²) >= 11 is 1.63. The van der Waals surface area contributed by atoms with E-state index >= 15 is 0 Å². The van der Waals surface area contributed by atoms with Gasteiger partial charge in [-0.25, -0.2) is 19.9 Å². The van der Waals surface area contributed by atoms with Crippen LogP contribution in [0.25, 0.3) is 5.57 Å². The van der Waals surface area contributed by atoms with Crippen LogP contribution < -0.4 is 37.8 Å². The maximum absolute atomic E-state index is 13.3. The number of rotatable bonds is 32. The van der Waals surface area contributed by atoms with E-state index < -0.39 is 58.1 Å². The number of aryl methyl sites for hydroxylation is 10. The number of pyridine rings is 4. The van der Waals surface area contributed by atoms with Gasteiger partial charge in [-0.2, -0.15) is 9.59 Å². The van der Waals surface area contributed by atoms with Crippen molar-refractivity contribution in [1.82, 2.24) is 19.9 Å². The number of carbonyl (C=O) groups is 9. The van der Waals surface area contributed by atoms with E-state index in [0.29, 0.717) is 77.1 Å². The van der Waals surface area contributed by atoms with Crippen LogP contribution in [0.1, 0.15) is 215 Å². The molecule has 3 aliphatic rings. The molecule has 8 atom stereocenters. The first-order valence-corrected chi connectivity index (χ1v) is 53.2. The van der Waals surface area contributed by atoms with Crippen molar-refractivity contribution in [2.24, 2.45) is 47.3 Å². The van der Waals surface area contributed by atoms with Gasteiger partial charge in [-0.1, -0.05) is 116 Å². The van der Waals surface area contributed by atoms with E-state index in [0.717, 1.165) is 121 Å². The van der Waals surface area contributed by atoms with Crippen molar-refractivity contribution in [2.75, 3.05) is 37.2 Å². The number of ketones is 4. The van der Waals surface area contributed by atoms with Gasteiger partial charge in [0.2, 0.25) is 0 Å². The van der Waals surface area contributed by atoms with Gasteiger partial charge in [0.1, 0.15) is 5.76 Å². The molecule has 9 rings (SSSR count). The summed E-state index contributed by atoms with van der Waals surface area (Å²) in [4.78, 5) is 139. The number of methoxy groups -OCH3 is 2. The molecule has 23 nitrogen and oxygen atoms in total. The largest absolute Gasteiger partial charge is 1.00 e. The van der Waals surface area contributed by atoms with Crippen LogP contribution in [0.5, 0.6) is 0 Å². The maximum Gasteiger partial charge on any atom is 1.00 e. The topological polar surface area (TPSA) is 349 Å². The first-order valence-electron chi connectivity index (χ1n) is 42.6. The molecule has 8 unspecified atom stereocenters. The van der Waals surface area contributed by atoms with E-state index in [1.165, 1.54) is 63.3 Å². The second-order valence-corrected chi connectivity index (χ2v) is 43.6. The van der Waals surface area contributed by atoms with Crippen molar-refractivity contribution in [2.45, 2.75) is 242 Å². The van der Waals surface area contributed by atoms with Gasteiger partial charge in [0.15, 0.2) is 23.1 Å². The molecule has 6 aromatic rings. The number of aliphatic hydroxyl groups excluding tert-OH is 2. The predicted molar refractivity (Wildman–Crippen MR) is 494 cm³/mol. The third kappa shape index (κ3) is 40.0. The SMILES string of the molecule is CCC(/C=C/C(C)=O)CSc1ccc(C)cn1.CCC(=O)OC.CCC(CSc1ccc(C)cn1)C1CC(=O)C=C(O)C1.CCC(CSc1ccc(C)cn1)C1CC(=O)C=C([O-])C1C(=O)OC.CCc1cc(C)cc(CC)[c]1[Pb]([O]C(C)=O)([O]C(C)=O)[O]C(C)=O.CCc1cc(C)cc(CC)c1C1=C(O)CC(C(CC)CSc2ccc(C)cn2)CC1=O.O=C=O.[Na+]. The van der Waals surface area contributed by atoms with Gasteiger partial charge in [0.25, 0.3) is 0 Å². The molecule has 3 aliphatic carbocycles. The van der Waals surface area contributed by atoms with Gasteiger partial charge in [-0.3, -0.25) is 28.8 Å². The first-order chi connectivity index (χ1) is 59.4. The van der Waals surface area contributed by atoms with Crippen LogP contribution in [0.4, 0.5) is 0 Å². The minimum atomic E-state index is -5.17. The number of esters is 2. The van der Waals surface area contributed by atoms with E-state index in [4.69, 9.17) is 22.4 Å². The van der Waals surface area contributed by atoms with Crippen LogP contribution in [0.2, 0.25) is 0 Å². The second-order valence-electron chi connectivity index (χ2n) is 30.8. The number of hydrogen-bond donors (Lipinski definition) is 2. The van der Waals surface area contributed by atoms with Crippen molar-refractivity contribution < 1.29 is 115 Å². The number of hydrogen-bond acceptors (Lipinski definition) is 27. The summed E-state index contributed by atoms with van der Waals surface area (Å²) in [6, 6.07) is 24.5. The average Bonchev–Trinajstić information content (AvgIpc) is 0.764. The van der Waals surface area contributed by atoms with E-state index in [1.54, 1.807) is 67.0 Å². The van der Waals surface area contributed by atoms with Gasteiger partial charge in [0, 0.05) is 92.4 Å². The molecular formula is C97H129N4NaO19PbS4. The van der Waals surface area contributed by atoms with Crippen molar-refractivity contribution in [3.05, 3.63) is 200 Å². The molecule has 680 valence electrons. The summed E-state index contributed by atoms with van der Waals surface area (Å²) in [5.41, 5.74) is 12.5. The number of thioether (sulfide) groups is 4. The molecule has 0 fully saturated rings. The number of aromatic nitrogens is 4. The number of aliphatic hydroxyl groups is 2. The number of allylic oxidation sites excluding steroid dienone is 7. The summed E-state index contributed by atoms with van der Waals surface area (Å²) in [5, 5.41) is 36.8. The molecule has 0 saturated heterocycles. The molecule has 0 amide bonds. The average molecular weight is 2010 g/mol. The van der Waals surface area contributed by atoms with Gasteiger partial charge in [0.05, 0.1) is 51.6 Å². The van der Waals surface area contributed by atoms with Gasteiger partial charge >= 0.3 is 197 Å². The van der Waals surface area contributed by atoms with Crippen LogP contribution in [0, 0.1) is 88.9 Å². The standard InChI is InChI=1S/C27H35NO2S.C18H23NO4S.C16H21NO2S.C14H19NOS.C11H15.C4H8O2.3C2H4O2.CO2.Na.Pb/c1-6-19-11-18(5)12-20(7-2)26(19)27-23(29)13-22(14-24(27)30)21(8-3)16-31-25-10-9-17(4)15-28-25;1-4-12(10-24-16-6-5-11(2)9-19-16)14-7-13(20)8-15(21)17(14)18(22)23-3;1-3-12(13-6-14(18)8-15(19)7-13)10-20-16-5-4-11(2)9-17-16;1-4-13(7-6-12(3)16)10-17-14-8-5-11(2)9-15-14;1-4-10-6-9(3)7-11(5-2)8-10;1-3-4(5)6-2;3*1-2(3)4;2-1-3;;/h9-12,15,21-22,29H,6-8,13-14,16H2,1-5H3;5-6,8-9,12,14,17,21H,4,7,10H2,1-3H3;4-5,8-9,12-13,18H,3,6-7,10H2,1-2H3;5-9,13H,4,10H2,1-3H3;6-7H,4-5H2,1-3H3;3H2,1-2H3;3*1H3,(H,3,4);;;/q;;;;;;;;;;+1;+3/p-4/b;;;7-6+;;;;;;;;. The van der Waals surface area contributed by atoms with Crippen LogP contribution >= 0.6 is 47.0 Å². The van der Waals surface area contributed by atoms with Gasteiger partial charge in [-0.15, -0.1) is 52.8 Å². The smallest absolute Gasteiger partial charge is 0.512 e. The van der Waals surface area contributed by atoms with Gasteiger partial charge in [-0.05, 0) is 178 Å². The fourth-order valence-corrected chi connectivity index (χ4v) is 30.0. The number of nitrogens with zero attached hydrogens (tertiary/aromatic N) is 4. The number of Topliss-reactive ketones (excluding diaryl/α,β-unsaturated/α-hetero) is 1. The van der Waals surface area contributed by atoms with Crippen molar-refractivity contribution in [1.29, 1.82) is 0 Å². The molecule has 0 saturated carbocycles. The Hall–Kier alpha value is -7.87. The maximum atomic E-state index is 13.3. The van der Waals surface area contributed by atoms with Crippen LogP contribution in [-0.2, 0) is 96.0 Å². The Bertz CT molecular complexity index is 4570. The zero-order valence-electron chi connectivity index (χ0n) is 77.7. The van der Waals surface area contributed by atoms with Crippen LogP contribution in [0.15, 0.2) is 159 Å². The van der Waals surface area contributed by atoms with E-state index in [9.17, 15) is 58.5 Å². The van der Waals surface area contributed by atoms with Crippen molar-refractivity contribution in [3.8, 4) is 0 Å². The van der Waals surface area contributed by atoms with Crippen LogP contribution in [0.3, 0.4) is 0 Å². The molecule has 29 heteroatoms. The molecule has 0 aliphatic heterocycles. The Kier molecular flexibility index (Phi) is 55.1. The van der Waals surface area contributed by atoms with Gasteiger partial charge < -0.3 is 24.8 Å². The van der Waals surface area contributed by atoms with E-state index in [1.807, 2.05) is 123 Å². The quantitative estimate of drug-likeness (QED) is 0.0171. The molecule has 4 aromatic heterocycles. The molecule has 0 radical (unpaired) electrons. The summed E-state index contributed by atoms with van der Waals surface area (Å²) in [6.45, 7) is 35.7. The molecule has 2 N–H and O–H groups in total. The Morgan fingerprint density at radius 2 is 0.889 bits per heavy atom. The van der Waals surface area contributed by atoms with E-state index in [2.05, 4.69) is 103 Å². The Morgan fingerprint density at radius 1 is 0.508 bits per heavy atom. The normalized spacial score (nSPS) is 16.1. The Morgan fingerprint density at radius 3 is 1.21 bits per heavy atom. The van der Waals surface area contributed by atoms with Crippen molar-refractivity contribution >= 4 is 137 Å². The second kappa shape index (κ2) is 60.8. The number of ether oxygens (including phenoxy) is 2. The summed E-state index contributed by atoms with van der Waals surface area (Å²) < 4.78 is 26.1. The van der Waals surface area contributed by atoms with Crippen molar-refractivity contribution in [3.63, 3.8) is 0 Å².